The highest BCUT2D eigenvalue weighted by Gasteiger charge is 2.35. The molecular formula is C13H16FNO5S. The Kier molecular flexibility index (Phi) is 4.05. The molecule has 2 N–H and O–H groups in total. The number of aromatic carboxylic acids is 1. The van der Waals surface area contributed by atoms with Gasteiger partial charge in [-0.05, 0) is 38.0 Å². The lowest BCUT2D eigenvalue weighted by Gasteiger charge is -2.34. The number of hydrogen-bond donors (Lipinski definition) is 2. The average Bonchev–Trinajstić information content (AvgIpc) is 2.37. The summed E-state index contributed by atoms with van der Waals surface area (Å²) in [5.41, 5.74) is -1.23. The number of rotatable bonds is 3. The Labute approximate surface area is 121 Å². The maximum atomic E-state index is 13.9. The van der Waals surface area contributed by atoms with Gasteiger partial charge < -0.3 is 10.2 Å². The average molecular weight is 317 g/mol. The van der Waals surface area contributed by atoms with E-state index in [2.05, 4.69) is 0 Å². The first-order chi connectivity index (χ1) is 9.63. The van der Waals surface area contributed by atoms with E-state index in [0.717, 1.165) is 16.4 Å². The standard InChI is InChI=1S/C13H16FNO5S/c1-13(18)4-6-15(7-5-13)21(19,20)11-3-2-9(12(16)17)8-10(11)14/h2-3,8,18H,4-7H2,1H3,(H,16,17). The largest absolute Gasteiger partial charge is 0.478 e. The maximum absolute atomic E-state index is 13.9. The van der Waals surface area contributed by atoms with Crippen molar-refractivity contribution >= 4 is 16.0 Å². The van der Waals surface area contributed by atoms with Gasteiger partial charge in [-0.15, -0.1) is 0 Å². The van der Waals surface area contributed by atoms with Gasteiger partial charge in [0.1, 0.15) is 10.7 Å². The number of benzene rings is 1. The molecule has 0 saturated carbocycles. The van der Waals surface area contributed by atoms with E-state index in [1.807, 2.05) is 0 Å². The molecule has 1 aromatic carbocycles. The van der Waals surface area contributed by atoms with Crippen molar-refractivity contribution in [3.63, 3.8) is 0 Å². The van der Waals surface area contributed by atoms with Crippen molar-refractivity contribution in [2.24, 2.45) is 0 Å². The first kappa shape index (κ1) is 15.9. The molecule has 0 radical (unpaired) electrons. The molecule has 1 aliphatic rings. The van der Waals surface area contributed by atoms with Crippen LogP contribution in [0.25, 0.3) is 0 Å². The summed E-state index contributed by atoms with van der Waals surface area (Å²) < 4.78 is 39.7. The van der Waals surface area contributed by atoms with Crippen LogP contribution in [0.15, 0.2) is 23.1 Å². The lowest BCUT2D eigenvalue weighted by molar-refractivity contribution is 0.0125. The van der Waals surface area contributed by atoms with E-state index in [0.29, 0.717) is 6.07 Å². The quantitative estimate of drug-likeness (QED) is 0.869. The summed E-state index contributed by atoms with van der Waals surface area (Å²) >= 11 is 0. The zero-order valence-electron chi connectivity index (χ0n) is 11.4. The van der Waals surface area contributed by atoms with Gasteiger partial charge in [0.05, 0.1) is 11.2 Å². The van der Waals surface area contributed by atoms with Crippen molar-refractivity contribution in [3.8, 4) is 0 Å². The third-order valence-electron chi connectivity index (χ3n) is 3.60. The smallest absolute Gasteiger partial charge is 0.335 e. The molecule has 0 aromatic heterocycles. The van der Waals surface area contributed by atoms with Crippen molar-refractivity contribution in [2.75, 3.05) is 13.1 Å². The molecule has 1 aliphatic heterocycles. The van der Waals surface area contributed by atoms with Gasteiger partial charge in [-0.25, -0.2) is 17.6 Å². The predicted molar refractivity (Wildman–Crippen MR) is 72.0 cm³/mol. The first-order valence-electron chi connectivity index (χ1n) is 6.39. The van der Waals surface area contributed by atoms with Gasteiger partial charge in [0.15, 0.2) is 0 Å². The molecule has 21 heavy (non-hydrogen) atoms. The molecule has 0 aliphatic carbocycles. The second-order valence-corrected chi connectivity index (χ2v) is 7.26. The summed E-state index contributed by atoms with van der Waals surface area (Å²) in [4.78, 5) is 10.2. The van der Waals surface area contributed by atoms with Crippen LogP contribution < -0.4 is 0 Å². The minimum atomic E-state index is -4.03. The lowest BCUT2D eigenvalue weighted by Crippen LogP contribution is -2.45. The molecule has 2 rings (SSSR count). The minimum Gasteiger partial charge on any atom is -0.478 e. The number of nitrogens with zero attached hydrogens (tertiary/aromatic N) is 1. The van der Waals surface area contributed by atoms with Crippen LogP contribution in [0.3, 0.4) is 0 Å². The molecule has 1 aromatic rings. The van der Waals surface area contributed by atoms with Crippen LogP contribution in [-0.4, -0.2) is 47.6 Å². The highest BCUT2D eigenvalue weighted by atomic mass is 32.2. The minimum absolute atomic E-state index is 0.0927. The summed E-state index contributed by atoms with van der Waals surface area (Å²) in [6, 6.07) is 2.70. The van der Waals surface area contributed by atoms with E-state index in [9.17, 15) is 22.7 Å². The van der Waals surface area contributed by atoms with Gasteiger partial charge in [0.2, 0.25) is 10.0 Å². The molecular weight excluding hydrogens is 301 g/mol. The fourth-order valence-corrected chi connectivity index (χ4v) is 3.68. The van der Waals surface area contributed by atoms with Crippen LogP contribution in [0, 0.1) is 5.82 Å². The highest BCUT2D eigenvalue weighted by Crippen LogP contribution is 2.27. The SMILES string of the molecule is CC1(O)CCN(S(=O)(=O)c2ccc(C(=O)O)cc2F)CC1. The maximum Gasteiger partial charge on any atom is 0.335 e. The van der Waals surface area contributed by atoms with Crippen molar-refractivity contribution in [1.29, 1.82) is 0 Å². The zero-order valence-corrected chi connectivity index (χ0v) is 12.2. The molecule has 1 saturated heterocycles. The fraction of sp³-hybridized carbons (Fsp3) is 0.462. The number of sulfonamides is 1. The van der Waals surface area contributed by atoms with Crippen LogP contribution in [0.1, 0.15) is 30.1 Å². The molecule has 0 amide bonds. The van der Waals surface area contributed by atoms with Crippen LogP contribution in [-0.2, 0) is 10.0 Å². The summed E-state index contributed by atoms with van der Waals surface area (Å²) in [7, 11) is -4.03. The van der Waals surface area contributed by atoms with Crippen molar-refractivity contribution in [3.05, 3.63) is 29.6 Å². The Morgan fingerprint density at radius 2 is 1.90 bits per heavy atom. The zero-order chi connectivity index (χ0) is 15.8. The number of halogens is 1. The van der Waals surface area contributed by atoms with Crippen LogP contribution in [0.4, 0.5) is 4.39 Å². The Morgan fingerprint density at radius 3 is 2.38 bits per heavy atom. The number of carbonyl (C=O) groups is 1. The molecule has 6 nitrogen and oxygen atoms in total. The number of carboxylic acids is 1. The van der Waals surface area contributed by atoms with Gasteiger partial charge in [-0.3, -0.25) is 0 Å². The van der Waals surface area contributed by atoms with E-state index in [4.69, 9.17) is 5.11 Å². The molecule has 0 bridgehead atoms. The van der Waals surface area contributed by atoms with Crippen molar-refractivity contribution in [1.82, 2.24) is 4.31 Å². The third kappa shape index (κ3) is 3.22. The Morgan fingerprint density at radius 1 is 1.33 bits per heavy atom. The topological polar surface area (TPSA) is 94.9 Å². The van der Waals surface area contributed by atoms with E-state index < -0.39 is 32.3 Å². The molecule has 1 heterocycles. The van der Waals surface area contributed by atoms with Gasteiger partial charge in [0.25, 0.3) is 0 Å². The van der Waals surface area contributed by atoms with Crippen LogP contribution in [0.2, 0.25) is 0 Å². The van der Waals surface area contributed by atoms with E-state index >= 15 is 0 Å². The number of carboxylic acid groups (broad SMARTS) is 1. The third-order valence-corrected chi connectivity index (χ3v) is 5.53. The van der Waals surface area contributed by atoms with Crippen LogP contribution in [0.5, 0.6) is 0 Å². The molecule has 0 atom stereocenters. The molecule has 0 unspecified atom stereocenters. The number of hydrogen-bond acceptors (Lipinski definition) is 4. The molecule has 0 spiro atoms. The molecule has 1 fully saturated rings. The van der Waals surface area contributed by atoms with E-state index in [-0.39, 0.29) is 31.5 Å². The second-order valence-electron chi connectivity index (χ2n) is 5.35. The summed E-state index contributed by atoms with van der Waals surface area (Å²) in [5, 5.41) is 18.6. The predicted octanol–water partition coefficient (Wildman–Crippen LogP) is 1.06. The van der Waals surface area contributed by atoms with E-state index in [1.165, 1.54) is 0 Å². The Hall–Kier alpha value is -1.51. The Balaban J connectivity index is 2.30. The van der Waals surface area contributed by atoms with Gasteiger partial charge >= 0.3 is 5.97 Å². The van der Waals surface area contributed by atoms with Gasteiger partial charge in [-0.1, -0.05) is 0 Å². The van der Waals surface area contributed by atoms with Crippen LogP contribution >= 0.6 is 0 Å². The van der Waals surface area contributed by atoms with Gasteiger partial charge in [-0.2, -0.15) is 4.31 Å². The van der Waals surface area contributed by atoms with Gasteiger partial charge in [0, 0.05) is 13.1 Å². The Bertz CT molecular complexity index is 661. The summed E-state index contributed by atoms with van der Waals surface area (Å²) in [5.74, 6) is -2.42. The molecule has 116 valence electrons. The highest BCUT2D eigenvalue weighted by molar-refractivity contribution is 7.89. The monoisotopic (exact) mass is 317 g/mol. The second kappa shape index (κ2) is 5.36. The summed E-state index contributed by atoms with van der Waals surface area (Å²) in [6.07, 6.45) is 0.530. The molecule has 8 heteroatoms. The van der Waals surface area contributed by atoms with Crippen molar-refractivity contribution in [2.45, 2.75) is 30.3 Å². The first-order valence-corrected chi connectivity index (χ1v) is 7.83. The van der Waals surface area contributed by atoms with E-state index in [1.54, 1.807) is 6.92 Å². The van der Waals surface area contributed by atoms with Crippen molar-refractivity contribution < 1.29 is 27.8 Å². The lowest BCUT2D eigenvalue weighted by atomic mass is 9.95. The fourth-order valence-electron chi connectivity index (χ4n) is 2.19. The number of aliphatic hydroxyl groups is 1. The normalized spacial score (nSPS) is 19.4. The summed E-state index contributed by atoms with van der Waals surface area (Å²) in [6.45, 7) is 1.81. The number of piperidine rings is 1.